The van der Waals surface area contributed by atoms with Crippen molar-refractivity contribution < 1.29 is 0 Å². The van der Waals surface area contributed by atoms with Crippen LogP contribution in [0.25, 0.3) is 10.7 Å². The summed E-state index contributed by atoms with van der Waals surface area (Å²) in [4.78, 5) is 5.88. The van der Waals surface area contributed by atoms with Crippen molar-refractivity contribution in [3.05, 3.63) is 22.8 Å². The first-order valence-electron chi connectivity index (χ1n) is 6.06. The van der Waals surface area contributed by atoms with Crippen molar-refractivity contribution in [1.82, 2.24) is 20.1 Å². The van der Waals surface area contributed by atoms with Crippen molar-refractivity contribution in [1.29, 1.82) is 0 Å². The summed E-state index contributed by atoms with van der Waals surface area (Å²) < 4.78 is 1.80. The van der Waals surface area contributed by atoms with Gasteiger partial charge in [-0.05, 0) is 33.8 Å². The lowest BCUT2D eigenvalue weighted by atomic mass is 10.1. The van der Waals surface area contributed by atoms with Crippen LogP contribution in [0.1, 0.15) is 31.3 Å². The van der Waals surface area contributed by atoms with Crippen LogP contribution in [-0.4, -0.2) is 20.3 Å². The first-order chi connectivity index (χ1) is 8.35. The van der Waals surface area contributed by atoms with Gasteiger partial charge in [-0.15, -0.1) is 11.3 Å². The molecule has 0 fully saturated rings. The molecule has 0 saturated heterocycles. The third kappa shape index (κ3) is 3.17. The lowest BCUT2D eigenvalue weighted by Gasteiger charge is -2.19. The highest BCUT2D eigenvalue weighted by molar-refractivity contribution is 7.15. The zero-order valence-corrected chi connectivity index (χ0v) is 12.4. The van der Waals surface area contributed by atoms with Gasteiger partial charge >= 0.3 is 0 Å². The quantitative estimate of drug-likeness (QED) is 0.927. The first-order valence-corrected chi connectivity index (χ1v) is 6.88. The maximum Gasteiger partial charge on any atom is 0.144 e. The molecule has 0 aliphatic heterocycles. The molecule has 0 amide bonds. The topological polar surface area (TPSA) is 42.7 Å². The van der Waals surface area contributed by atoms with Crippen LogP contribution < -0.4 is 5.32 Å². The molecule has 2 heterocycles. The standard InChI is InChI=1S/C13H20N4S/c1-9-11(8-14-13(2,3)4)18-12(15-9)10-6-7-17(5)16-10/h6-7,14H,8H2,1-5H3. The molecule has 2 rings (SSSR count). The lowest BCUT2D eigenvalue weighted by molar-refractivity contribution is 0.425. The van der Waals surface area contributed by atoms with E-state index in [-0.39, 0.29) is 5.54 Å². The van der Waals surface area contributed by atoms with E-state index in [0.717, 1.165) is 22.9 Å². The molecule has 2 aromatic heterocycles. The fourth-order valence-corrected chi connectivity index (χ4v) is 2.54. The first kappa shape index (κ1) is 13.2. The van der Waals surface area contributed by atoms with Gasteiger partial charge in [-0.3, -0.25) is 4.68 Å². The molecular weight excluding hydrogens is 244 g/mol. The van der Waals surface area contributed by atoms with E-state index in [1.807, 2.05) is 19.3 Å². The molecular formula is C13H20N4S. The fraction of sp³-hybridized carbons (Fsp3) is 0.538. The SMILES string of the molecule is Cc1nc(-c2ccn(C)n2)sc1CNC(C)(C)C. The van der Waals surface area contributed by atoms with Gasteiger partial charge in [0.2, 0.25) is 0 Å². The zero-order chi connectivity index (χ0) is 13.3. The predicted molar refractivity (Wildman–Crippen MR) is 75.6 cm³/mol. The van der Waals surface area contributed by atoms with E-state index in [2.05, 4.69) is 43.1 Å². The summed E-state index contributed by atoms with van der Waals surface area (Å²) in [5.74, 6) is 0. The van der Waals surface area contributed by atoms with Crippen LogP contribution in [0, 0.1) is 6.92 Å². The highest BCUT2D eigenvalue weighted by Gasteiger charge is 2.14. The molecule has 0 aromatic carbocycles. The molecule has 0 atom stereocenters. The number of hydrogen-bond donors (Lipinski definition) is 1. The van der Waals surface area contributed by atoms with Gasteiger partial charge in [0.15, 0.2) is 0 Å². The van der Waals surface area contributed by atoms with E-state index < -0.39 is 0 Å². The van der Waals surface area contributed by atoms with Crippen LogP contribution in [-0.2, 0) is 13.6 Å². The van der Waals surface area contributed by atoms with Crippen LogP contribution in [0.3, 0.4) is 0 Å². The third-order valence-electron chi connectivity index (χ3n) is 2.60. The molecule has 0 radical (unpaired) electrons. The lowest BCUT2D eigenvalue weighted by Crippen LogP contribution is -2.34. The average Bonchev–Trinajstić information content (AvgIpc) is 2.81. The van der Waals surface area contributed by atoms with Crippen LogP contribution in [0.5, 0.6) is 0 Å². The second-order valence-corrected chi connectivity index (χ2v) is 6.59. The van der Waals surface area contributed by atoms with Crippen molar-refractivity contribution in [2.24, 2.45) is 7.05 Å². The average molecular weight is 264 g/mol. The van der Waals surface area contributed by atoms with Crippen molar-refractivity contribution in [3.63, 3.8) is 0 Å². The Hall–Kier alpha value is -1.20. The zero-order valence-electron chi connectivity index (χ0n) is 11.6. The number of aromatic nitrogens is 3. The molecule has 0 bridgehead atoms. The molecule has 1 N–H and O–H groups in total. The Kier molecular flexibility index (Phi) is 3.54. The minimum absolute atomic E-state index is 0.127. The summed E-state index contributed by atoms with van der Waals surface area (Å²) in [6, 6.07) is 2.00. The van der Waals surface area contributed by atoms with Gasteiger partial charge in [0.25, 0.3) is 0 Å². The minimum atomic E-state index is 0.127. The molecule has 4 nitrogen and oxygen atoms in total. The summed E-state index contributed by atoms with van der Waals surface area (Å²) in [5.41, 5.74) is 2.17. The van der Waals surface area contributed by atoms with Crippen LogP contribution in [0.2, 0.25) is 0 Å². The van der Waals surface area contributed by atoms with Crippen molar-refractivity contribution in [2.45, 2.75) is 39.8 Å². The van der Waals surface area contributed by atoms with Gasteiger partial charge in [0.1, 0.15) is 10.7 Å². The van der Waals surface area contributed by atoms with Gasteiger partial charge in [0, 0.05) is 30.2 Å². The Morgan fingerprint density at radius 3 is 2.67 bits per heavy atom. The molecule has 5 heteroatoms. The van der Waals surface area contributed by atoms with E-state index in [9.17, 15) is 0 Å². The monoisotopic (exact) mass is 264 g/mol. The molecule has 0 aliphatic carbocycles. The number of hydrogen-bond acceptors (Lipinski definition) is 4. The molecule has 2 aromatic rings. The van der Waals surface area contributed by atoms with Crippen LogP contribution in [0.15, 0.2) is 12.3 Å². The predicted octanol–water partition coefficient (Wildman–Crippen LogP) is 2.74. The van der Waals surface area contributed by atoms with Crippen LogP contribution >= 0.6 is 11.3 Å². The highest BCUT2D eigenvalue weighted by atomic mass is 32.1. The maximum absolute atomic E-state index is 4.60. The summed E-state index contributed by atoms with van der Waals surface area (Å²) in [6.07, 6.45) is 1.94. The third-order valence-corrected chi connectivity index (χ3v) is 3.78. The van der Waals surface area contributed by atoms with Crippen molar-refractivity contribution in [3.8, 4) is 10.7 Å². The number of rotatable bonds is 3. The second-order valence-electron chi connectivity index (χ2n) is 5.51. The maximum atomic E-state index is 4.60. The van der Waals surface area contributed by atoms with Crippen LogP contribution in [0.4, 0.5) is 0 Å². The Labute approximate surface area is 112 Å². The van der Waals surface area contributed by atoms with E-state index in [0.29, 0.717) is 0 Å². The van der Waals surface area contributed by atoms with E-state index >= 15 is 0 Å². The molecule has 18 heavy (non-hydrogen) atoms. The summed E-state index contributed by atoms with van der Waals surface area (Å²) in [6.45, 7) is 9.43. The molecule has 0 unspecified atom stereocenters. The minimum Gasteiger partial charge on any atom is -0.307 e. The summed E-state index contributed by atoms with van der Waals surface area (Å²) in [7, 11) is 1.92. The number of nitrogens with zero attached hydrogens (tertiary/aromatic N) is 3. The number of nitrogens with one attached hydrogen (secondary N) is 1. The van der Waals surface area contributed by atoms with Gasteiger partial charge in [-0.2, -0.15) is 5.10 Å². The molecule has 98 valence electrons. The van der Waals surface area contributed by atoms with Gasteiger partial charge in [-0.1, -0.05) is 0 Å². The van der Waals surface area contributed by atoms with E-state index in [4.69, 9.17) is 0 Å². The summed E-state index contributed by atoms with van der Waals surface area (Å²) in [5, 5.41) is 8.88. The van der Waals surface area contributed by atoms with Gasteiger partial charge in [0.05, 0.1) is 5.69 Å². The fourth-order valence-electron chi connectivity index (χ4n) is 1.58. The van der Waals surface area contributed by atoms with Crippen molar-refractivity contribution in [2.75, 3.05) is 0 Å². The molecule has 0 aliphatic rings. The smallest absolute Gasteiger partial charge is 0.144 e. The summed E-state index contributed by atoms with van der Waals surface area (Å²) >= 11 is 1.72. The van der Waals surface area contributed by atoms with Gasteiger partial charge < -0.3 is 5.32 Å². The normalized spacial score (nSPS) is 12.1. The van der Waals surface area contributed by atoms with E-state index in [1.165, 1.54) is 4.88 Å². The number of thiazole rings is 1. The Bertz CT molecular complexity index is 533. The molecule has 0 spiro atoms. The molecule has 0 saturated carbocycles. The Morgan fingerprint density at radius 2 is 2.11 bits per heavy atom. The largest absolute Gasteiger partial charge is 0.307 e. The second kappa shape index (κ2) is 4.82. The van der Waals surface area contributed by atoms with Crippen molar-refractivity contribution >= 4 is 11.3 Å². The highest BCUT2D eigenvalue weighted by Crippen LogP contribution is 2.26. The Morgan fingerprint density at radius 1 is 1.39 bits per heavy atom. The van der Waals surface area contributed by atoms with E-state index in [1.54, 1.807) is 16.0 Å². The van der Waals surface area contributed by atoms with Gasteiger partial charge in [-0.25, -0.2) is 4.98 Å². The number of aryl methyl sites for hydroxylation is 2. The Balaban J connectivity index is 2.17.